The molecule has 2 aromatic heterocycles. The summed E-state index contributed by atoms with van der Waals surface area (Å²) in [5.74, 6) is -0.102. The van der Waals surface area contributed by atoms with Crippen molar-refractivity contribution in [3.63, 3.8) is 0 Å². The molecule has 0 fully saturated rings. The molecule has 1 amide bonds. The maximum atomic E-state index is 13.2. The van der Waals surface area contributed by atoms with E-state index >= 15 is 0 Å². The van der Waals surface area contributed by atoms with E-state index in [2.05, 4.69) is 15.3 Å². The fraction of sp³-hybridized carbons (Fsp3) is 0.200. The zero-order valence-electron chi connectivity index (χ0n) is 19.8. The molecule has 0 radical (unpaired) electrons. The van der Waals surface area contributed by atoms with Crippen LogP contribution in [0.3, 0.4) is 0 Å². The molecule has 4 rings (SSSR count). The summed E-state index contributed by atoms with van der Waals surface area (Å²) in [6.45, 7) is 0.581. The summed E-state index contributed by atoms with van der Waals surface area (Å²) in [5.41, 5.74) is 9.02. The summed E-state index contributed by atoms with van der Waals surface area (Å²) in [5, 5.41) is 3.14. The van der Waals surface area contributed by atoms with Crippen molar-refractivity contribution >= 4 is 38.5 Å². The SMILES string of the molecule is CN(CCS(C)(=O)=O)c1nc(NCc2ccc(F)cc2)nc2ccc(-c3ccc(C(N)=O)cc3)nc12. The van der Waals surface area contributed by atoms with Crippen molar-refractivity contribution in [3.05, 3.63) is 77.6 Å². The number of carbonyl (C=O) groups excluding carboxylic acids is 1. The van der Waals surface area contributed by atoms with Gasteiger partial charge in [-0.25, -0.2) is 22.8 Å². The van der Waals surface area contributed by atoms with Crippen LogP contribution in [-0.4, -0.2) is 54.9 Å². The molecule has 0 atom stereocenters. The number of pyridine rings is 1. The van der Waals surface area contributed by atoms with Gasteiger partial charge in [0.1, 0.15) is 21.2 Å². The number of anilines is 2. The minimum atomic E-state index is -3.19. The van der Waals surface area contributed by atoms with Gasteiger partial charge in [-0.1, -0.05) is 24.3 Å². The van der Waals surface area contributed by atoms with Crippen molar-refractivity contribution in [2.75, 3.05) is 35.8 Å². The first-order valence-electron chi connectivity index (χ1n) is 11.1. The Morgan fingerprint density at radius 2 is 1.69 bits per heavy atom. The number of primary amides is 1. The Hall–Kier alpha value is -4.12. The number of hydrogen-bond acceptors (Lipinski definition) is 8. The summed E-state index contributed by atoms with van der Waals surface area (Å²) in [6, 6.07) is 16.5. The number of amides is 1. The molecule has 3 N–H and O–H groups in total. The second-order valence-electron chi connectivity index (χ2n) is 8.41. The maximum Gasteiger partial charge on any atom is 0.248 e. The summed E-state index contributed by atoms with van der Waals surface area (Å²) in [7, 11) is -1.45. The maximum absolute atomic E-state index is 13.2. The number of sulfone groups is 1. The average Bonchev–Trinajstić information content (AvgIpc) is 2.85. The third-order valence-corrected chi connectivity index (χ3v) is 6.44. The van der Waals surface area contributed by atoms with Gasteiger partial charge in [-0.15, -0.1) is 0 Å². The molecule has 0 saturated heterocycles. The Morgan fingerprint density at radius 3 is 2.33 bits per heavy atom. The molecule has 0 saturated carbocycles. The van der Waals surface area contributed by atoms with Crippen LogP contribution in [0.5, 0.6) is 0 Å². The minimum absolute atomic E-state index is 0.0540. The van der Waals surface area contributed by atoms with Gasteiger partial charge >= 0.3 is 0 Å². The van der Waals surface area contributed by atoms with Crippen LogP contribution in [0.4, 0.5) is 16.2 Å². The molecule has 11 heteroatoms. The number of fused-ring (bicyclic) bond motifs is 1. The molecule has 2 heterocycles. The number of aromatic nitrogens is 3. The Morgan fingerprint density at radius 1 is 1.00 bits per heavy atom. The van der Waals surface area contributed by atoms with Crippen LogP contribution in [-0.2, 0) is 16.4 Å². The first-order chi connectivity index (χ1) is 17.1. The van der Waals surface area contributed by atoms with E-state index < -0.39 is 15.7 Å². The fourth-order valence-corrected chi connectivity index (χ4v) is 4.11. The lowest BCUT2D eigenvalue weighted by atomic mass is 10.1. The summed E-state index contributed by atoms with van der Waals surface area (Å²) in [4.78, 5) is 27.0. The van der Waals surface area contributed by atoms with Gasteiger partial charge in [0.2, 0.25) is 11.9 Å². The number of rotatable bonds is 9. The number of nitrogens with zero attached hydrogens (tertiary/aromatic N) is 4. The predicted octanol–water partition coefficient (Wildman–Crippen LogP) is 3.02. The van der Waals surface area contributed by atoms with E-state index in [1.165, 1.54) is 18.4 Å². The Labute approximate surface area is 208 Å². The number of carbonyl (C=O) groups is 1. The van der Waals surface area contributed by atoms with Gasteiger partial charge in [-0.05, 0) is 42.0 Å². The molecule has 9 nitrogen and oxygen atoms in total. The first-order valence-corrected chi connectivity index (χ1v) is 13.1. The van der Waals surface area contributed by atoms with E-state index in [9.17, 15) is 17.6 Å². The highest BCUT2D eigenvalue weighted by atomic mass is 32.2. The second-order valence-corrected chi connectivity index (χ2v) is 10.7. The Bertz CT molecular complexity index is 1510. The highest BCUT2D eigenvalue weighted by Crippen LogP contribution is 2.27. The van der Waals surface area contributed by atoms with Crippen LogP contribution >= 0.6 is 0 Å². The molecule has 0 unspecified atom stereocenters. The summed E-state index contributed by atoms with van der Waals surface area (Å²) in [6.07, 6.45) is 1.18. The van der Waals surface area contributed by atoms with Gasteiger partial charge in [0.25, 0.3) is 0 Å². The topological polar surface area (TPSA) is 131 Å². The Kier molecular flexibility index (Phi) is 7.11. The minimum Gasteiger partial charge on any atom is -0.366 e. The van der Waals surface area contributed by atoms with Gasteiger partial charge in [-0.2, -0.15) is 4.98 Å². The molecular weight excluding hydrogens is 483 g/mol. The van der Waals surface area contributed by atoms with Crippen molar-refractivity contribution in [3.8, 4) is 11.3 Å². The molecule has 36 heavy (non-hydrogen) atoms. The first kappa shape index (κ1) is 25.0. The lowest BCUT2D eigenvalue weighted by molar-refractivity contribution is 0.100. The van der Waals surface area contributed by atoms with Crippen LogP contribution in [0.15, 0.2) is 60.7 Å². The molecule has 0 aliphatic rings. The predicted molar refractivity (Wildman–Crippen MR) is 138 cm³/mol. The third-order valence-electron chi connectivity index (χ3n) is 5.51. The fourth-order valence-electron chi connectivity index (χ4n) is 3.50. The van der Waals surface area contributed by atoms with E-state index in [1.54, 1.807) is 60.5 Å². The number of benzene rings is 2. The van der Waals surface area contributed by atoms with Gasteiger partial charge < -0.3 is 16.0 Å². The standard InChI is InChI=1S/C25H25FN6O3S/c1-32(13-14-36(2,34)35)24-22-21(30-25(31-24)28-15-16-3-9-19(26)10-4-16)12-11-20(29-22)17-5-7-18(8-6-17)23(27)33/h3-12H,13-15H2,1-2H3,(H2,27,33)(H,28,30,31). The molecule has 2 aromatic carbocycles. The zero-order valence-corrected chi connectivity index (χ0v) is 20.6. The number of nitrogens with two attached hydrogens (primary N) is 1. The molecule has 4 aromatic rings. The van der Waals surface area contributed by atoms with Crippen molar-refractivity contribution in [1.82, 2.24) is 15.0 Å². The summed E-state index contributed by atoms with van der Waals surface area (Å²) < 4.78 is 36.7. The van der Waals surface area contributed by atoms with Crippen molar-refractivity contribution in [2.24, 2.45) is 5.73 Å². The Balaban J connectivity index is 1.71. The number of halogens is 1. The molecule has 186 valence electrons. The quantitative estimate of drug-likeness (QED) is 0.353. The van der Waals surface area contributed by atoms with E-state index in [4.69, 9.17) is 10.7 Å². The second kappa shape index (κ2) is 10.2. The average molecular weight is 509 g/mol. The van der Waals surface area contributed by atoms with Gasteiger partial charge in [0.15, 0.2) is 5.82 Å². The van der Waals surface area contributed by atoms with Gasteiger partial charge in [0, 0.05) is 37.5 Å². The number of hydrogen-bond donors (Lipinski definition) is 2. The van der Waals surface area contributed by atoms with Crippen LogP contribution in [0.2, 0.25) is 0 Å². The molecule has 0 bridgehead atoms. The van der Waals surface area contributed by atoms with E-state index in [-0.39, 0.29) is 18.1 Å². The van der Waals surface area contributed by atoms with Gasteiger partial charge in [0.05, 0.1) is 17.0 Å². The van der Waals surface area contributed by atoms with E-state index in [0.29, 0.717) is 40.6 Å². The smallest absolute Gasteiger partial charge is 0.248 e. The van der Waals surface area contributed by atoms with Crippen LogP contribution in [0.1, 0.15) is 15.9 Å². The van der Waals surface area contributed by atoms with Gasteiger partial charge in [-0.3, -0.25) is 4.79 Å². The normalized spacial score (nSPS) is 11.4. The molecule has 0 spiro atoms. The van der Waals surface area contributed by atoms with Crippen LogP contribution < -0.4 is 16.0 Å². The van der Waals surface area contributed by atoms with E-state index in [1.807, 2.05) is 0 Å². The molecular formula is C25H25FN6O3S. The third kappa shape index (κ3) is 6.11. The molecule has 0 aliphatic carbocycles. The van der Waals surface area contributed by atoms with Crippen molar-refractivity contribution in [1.29, 1.82) is 0 Å². The largest absolute Gasteiger partial charge is 0.366 e. The van der Waals surface area contributed by atoms with E-state index in [0.717, 1.165) is 11.1 Å². The monoisotopic (exact) mass is 508 g/mol. The summed E-state index contributed by atoms with van der Waals surface area (Å²) >= 11 is 0. The highest BCUT2D eigenvalue weighted by molar-refractivity contribution is 7.90. The van der Waals surface area contributed by atoms with Crippen LogP contribution in [0.25, 0.3) is 22.3 Å². The van der Waals surface area contributed by atoms with Crippen LogP contribution in [0, 0.1) is 5.82 Å². The lowest BCUT2D eigenvalue weighted by Gasteiger charge is -2.20. The van der Waals surface area contributed by atoms with Crippen molar-refractivity contribution in [2.45, 2.75) is 6.54 Å². The van der Waals surface area contributed by atoms with Crippen molar-refractivity contribution < 1.29 is 17.6 Å². The lowest BCUT2D eigenvalue weighted by Crippen LogP contribution is -2.26. The zero-order chi connectivity index (χ0) is 25.9. The highest BCUT2D eigenvalue weighted by Gasteiger charge is 2.16. The number of nitrogens with one attached hydrogen (secondary N) is 1. The molecule has 0 aliphatic heterocycles.